The van der Waals surface area contributed by atoms with E-state index in [1.165, 1.54) is 19.3 Å². The van der Waals surface area contributed by atoms with Crippen molar-refractivity contribution in [3.8, 4) is 0 Å². The van der Waals surface area contributed by atoms with E-state index in [-0.39, 0.29) is 0 Å². The second-order valence-corrected chi connectivity index (χ2v) is 5.89. The predicted octanol–water partition coefficient (Wildman–Crippen LogP) is 4.24. The van der Waals surface area contributed by atoms with Gasteiger partial charge in [0.1, 0.15) is 0 Å². The summed E-state index contributed by atoms with van der Waals surface area (Å²) in [5.41, 5.74) is 0.304. The Labute approximate surface area is 108 Å². The molecule has 0 atom stereocenters. The molecular weight excluding hydrogens is 210 g/mol. The quantitative estimate of drug-likeness (QED) is 0.553. The minimum absolute atomic E-state index is 0.304. The van der Waals surface area contributed by atoms with Gasteiger partial charge in [0.05, 0.1) is 0 Å². The molecule has 0 aliphatic rings. The fourth-order valence-corrected chi connectivity index (χ4v) is 1.71. The number of carbonyl (C=O) groups excluding carboxylic acids is 1. The first-order valence-electron chi connectivity index (χ1n) is 7.17. The number of hydrogen-bond acceptors (Lipinski definition) is 1. The van der Waals surface area contributed by atoms with Crippen molar-refractivity contribution in [1.82, 2.24) is 4.90 Å². The van der Waals surface area contributed by atoms with Crippen molar-refractivity contribution >= 4 is 5.91 Å². The van der Waals surface area contributed by atoms with Crippen LogP contribution >= 0.6 is 0 Å². The standard InChI is InChI=1S/C15H31NO/c1-6-8-9-10-13-16(5)14(17)11-12-15(3,4)7-2/h6-13H2,1-5H3. The van der Waals surface area contributed by atoms with Crippen LogP contribution in [0.3, 0.4) is 0 Å². The third-order valence-corrected chi connectivity index (χ3v) is 3.75. The lowest BCUT2D eigenvalue weighted by Crippen LogP contribution is -2.28. The van der Waals surface area contributed by atoms with E-state index in [1.807, 2.05) is 11.9 Å². The van der Waals surface area contributed by atoms with E-state index in [0.29, 0.717) is 17.7 Å². The van der Waals surface area contributed by atoms with E-state index in [0.717, 1.165) is 25.8 Å². The van der Waals surface area contributed by atoms with Gasteiger partial charge >= 0.3 is 0 Å². The van der Waals surface area contributed by atoms with E-state index >= 15 is 0 Å². The van der Waals surface area contributed by atoms with Gasteiger partial charge in [0.25, 0.3) is 0 Å². The molecule has 0 radical (unpaired) electrons. The zero-order valence-electron chi connectivity index (χ0n) is 12.5. The minimum Gasteiger partial charge on any atom is -0.346 e. The largest absolute Gasteiger partial charge is 0.346 e. The van der Waals surface area contributed by atoms with Crippen LogP contribution in [0, 0.1) is 5.41 Å². The molecule has 0 aliphatic heterocycles. The molecule has 0 fully saturated rings. The molecule has 2 nitrogen and oxygen atoms in total. The SMILES string of the molecule is CCCCCCN(C)C(=O)CCC(C)(C)CC. The van der Waals surface area contributed by atoms with Crippen molar-refractivity contribution in [3.63, 3.8) is 0 Å². The molecule has 102 valence electrons. The minimum atomic E-state index is 0.304. The second kappa shape index (κ2) is 8.54. The van der Waals surface area contributed by atoms with Crippen molar-refractivity contribution in [2.24, 2.45) is 5.41 Å². The van der Waals surface area contributed by atoms with Crippen molar-refractivity contribution < 1.29 is 4.79 Å². The van der Waals surface area contributed by atoms with Crippen LogP contribution in [0.15, 0.2) is 0 Å². The molecule has 1 amide bonds. The third-order valence-electron chi connectivity index (χ3n) is 3.75. The van der Waals surface area contributed by atoms with E-state index < -0.39 is 0 Å². The molecule has 0 saturated heterocycles. The Bertz CT molecular complexity index is 211. The summed E-state index contributed by atoms with van der Waals surface area (Å²) in [4.78, 5) is 13.8. The van der Waals surface area contributed by atoms with Gasteiger partial charge in [-0.05, 0) is 18.3 Å². The summed E-state index contributed by atoms with van der Waals surface area (Å²) in [5, 5.41) is 0. The summed E-state index contributed by atoms with van der Waals surface area (Å²) < 4.78 is 0. The Morgan fingerprint density at radius 1 is 1.12 bits per heavy atom. The summed E-state index contributed by atoms with van der Waals surface area (Å²) in [7, 11) is 1.94. The molecule has 2 heteroatoms. The van der Waals surface area contributed by atoms with Gasteiger partial charge in [-0.1, -0.05) is 53.4 Å². The zero-order chi connectivity index (χ0) is 13.3. The summed E-state index contributed by atoms with van der Waals surface area (Å²) in [6, 6.07) is 0. The number of amides is 1. The molecule has 0 bridgehead atoms. The predicted molar refractivity (Wildman–Crippen MR) is 75.1 cm³/mol. The van der Waals surface area contributed by atoms with Gasteiger partial charge < -0.3 is 4.90 Å². The van der Waals surface area contributed by atoms with E-state index in [1.54, 1.807) is 0 Å². The van der Waals surface area contributed by atoms with Crippen molar-refractivity contribution in [2.45, 2.75) is 72.6 Å². The first-order chi connectivity index (χ1) is 7.93. The molecular formula is C15H31NO. The molecule has 0 spiro atoms. The molecule has 17 heavy (non-hydrogen) atoms. The van der Waals surface area contributed by atoms with Gasteiger partial charge in [-0.25, -0.2) is 0 Å². The maximum atomic E-state index is 11.9. The number of unbranched alkanes of at least 4 members (excludes halogenated alkanes) is 3. The smallest absolute Gasteiger partial charge is 0.222 e. The lowest BCUT2D eigenvalue weighted by atomic mass is 9.85. The first-order valence-corrected chi connectivity index (χ1v) is 7.17. The van der Waals surface area contributed by atoms with Gasteiger partial charge in [0, 0.05) is 20.0 Å². The van der Waals surface area contributed by atoms with Crippen LogP contribution in [-0.4, -0.2) is 24.4 Å². The van der Waals surface area contributed by atoms with Crippen molar-refractivity contribution in [1.29, 1.82) is 0 Å². The molecule has 0 aromatic rings. The molecule has 0 aromatic carbocycles. The van der Waals surface area contributed by atoms with Gasteiger partial charge in [0.15, 0.2) is 0 Å². The van der Waals surface area contributed by atoms with Crippen LogP contribution in [-0.2, 0) is 4.79 Å². The van der Waals surface area contributed by atoms with Crippen LogP contribution in [0.25, 0.3) is 0 Å². The average Bonchev–Trinajstić information content (AvgIpc) is 2.31. The lowest BCUT2D eigenvalue weighted by Gasteiger charge is -2.24. The maximum Gasteiger partial charge on any atom is 0.222 e. The third kappa shape index (κ3) is 8.23. The van der Waals surface area contributed by atoms with Crippen LogP contribution in [0.4, 0.5) is 0 Å². The van der Waals surface area contributed by atoms with Gasteiger partial charge in [-0.15, -0.1) is 0 Å². The number of rotatable bonds is 9. The van der Waals surface area contributed by atoms with Crippen LogP contribution < -0.4 is 0 Å². The molecule has 0 saturated carbocycles. The van der Waals surface area contributed by atoms with Crippen molar-refractivity contribution in [3.05, 3.63) is 0 Å². The number of nitrogens with zero attached hydrogens (tertiary/aromatic N) is 1. The summed E-state index contributed by atoms with van der Waals surface area (Å²) in [5.74, 6) is 0.308. The highest BCUT2D eigenvalue weighted by Crippen LogP contribution is 2.26. The van der Waals surface area contributed by atoms with Gasteiger partial charge in [-0.2, -0.15) is 0 Å². The highest BCUT2D eigenvalue weighted by atomic mass is 16.2. The van der Waals surface area contributed by atoms with Gasteiger partial charge in [-0.3, -0.25) is 4.79 Å². The second-order valence-electron chi connectivity index (χ2n) is 5.89. The van der Waals surface area contributed by atoms with Crippen molar-refractivity contribution in [2.75, 3.05) is 13.6 Å². The summed E-state index contributed by atoms with van der Waals surface area (Å²) in [6.45, 7) is 9.80. The normalized spacial score (nSPS) is 11.6. The molecule has 0 rings (SSSR count). The van der Waals surface area contributed by atoms with Crippen LogP contribution in [0.5, 0.6) is 0 Å². The monoisotopic (exact) mass is 241 g/mol. The molecule has 0 aliphatic carbocycles. The molecule has 0 aromatic heterocycles. The Kier molecular flexibility index (Phi) is 8.28. The van der Waals surface area contributed by atoms with E-state index in [4.69, 9.17) is 0 Å². The Hall–Kier alpha value is -0.530. The van der Waals surface area contributed by atoms with Crippen LogP contribution in [0.2, 0.25) is 0 Å². The van der Waals surface area contributed by atoms with Crippen LogP contribution in [0.1, 0.15) is 72.6 Å². The van der Waals surface area contributed by atoms with Gasteiger partial charge in [0.2, 0.25) is 5.91 Å². The topological polar surface area (TPSA) is 20.3 Å². The fourth-order valence-electron chi connectivity index (χ4n) is 1.71. The fraction of sp³-hybridized carbons (Fsp3) is 0.933. The average molecular weight is 241 g/mol. The van der Waals surface area contributed by atoms with E-state index in [2.05, 4.69) is 27.7 Å². The molecule has 0 unspecified atom stereocenters. The molecule has 0 N–H and O–H groups in total. The molecule has 0 heterocycles. The lowest BCUT2D eigenvalue weighted by molar-refractivity contribution is -0.130. The zero-order valence-corrected chi connectivity index (χ0v) is 12.5. The number of carbonyl (C=O) groups is 1. The summed E-state index contributed by atoms with van der Waals surface area (Å²) in [6.07, 6.45) is 7.77. The highest BCUT2D eigenvalue weighted by Gasteiger charge is 2.18. The first kappa shape index (κ1) is 16.5. The van der Waals surface area contributed by atoms with E-state index in [9.17, 15) is 4.79 Å². The Balaban J connectivity index is 3.74. The maximum absolute atomic E-state index is 11.9. The number of hydrogen-bond donors (Lipinski definition) is 0. The highest BCUT2D eigenvalue weighted by molar-refractivity contribution is 5.75. The Morgan fingerprint density at radius 3 is 2.29 bits per heavy atom. The summed E-state index contributed by atoms with van der Waals surface area (Å²) >= 11 is 0. The Morgan fingerprint density at radius 2 is 1.76 bits per heavy atom.